The van der Waals surface area contributed by atoms with Crippen molar-refractivity contribution in [3.8, 4) is 5.75 Å². The molecule has 0 saturated carbocycles. The lowest BCUT2D eigenvalue weighted by Crippen LogP contribution is -2.41. The number of benzene rings is 1. The first-order valence-corrected chi connectivity index (χ1v) is 8.44. The van der Waals surface area contributed by atoms with Crippen molar-refractivity contribution in [2.24, 2.45) is 11.8 Å². The lowest BCUT2D eigenvalue weighted by Gasteiger charge is -2.23. The van der Waals surface area contributed by atoms with Crippen LogP contribution in [0.15, 0.2) is 18.2 Å². The summed E-state index contributed by atoms with van der Waals surface area (Å²) in [6, 6.07) is 2.80. The van der Waals surface area contributed by atoms with E-state index >= 15 is 0 Å². The van der Waals surface area contributed by atoms with E-state index in [4.69, 9.17) is 9.84 Å². The Balaban J connectivity index is 1.76. The van der Waals surface area contributed by atoms with Crippen molar-refractivity contribution >= 4 is 12.0 Å². The van der Waals surface area contributed by atoms with Crippen LogP contribution in [0.25, 0.3) is 0 Å². The normalized spacial score (nSPS) is 25.3. The van der Waals surface area contributed by atoms with Crippen LogP contribution in [-0.4, -0.2) is 47.9 Å². The number of para-hydroxylation sites is 1. The topological polar surface area (TPSA) is 78.9 Å². The predicted octanol–water partition coefficient (Wildman–Crippen LogP) is 2.94. The Morgan fingerprint density at radius 3 is 2.63 bits per heavy atom. The summed E-state index contributed by atoms with van der Waals surface area (Å²) in [4.78, 5) is 24.5. The van der Waals surface area contributed by atoms with Crippen molar-refractivity contribution in [3.63, 3.8) is 0 Å². The lowest BCUT2D eigenvalue weighted by molar-refractivity contribution is -0.187. The van der Waals surface area contributed by atoms with Gasteiger partial charge in [-0.3, -0.25) is 4.79 Å². The first-order chi connectivity index (χ1) is 12.7. The molecule has 2 amide bonds. The molecule has 2 N–H and O–H groups in total. The number of fused-ring (bicyclic) bond motifs is 1. The van der Waals surface area contributed by atoms with Crippen LogP contribution in [0.3, 0.4) is 0 Å². The Morgan fingerprint density at radius 1 is 1.26 bits per heavy atom. The monoisotopic (exact) mass is 390 g/mol. The molecule has 0 aliphatic carbocycles. The fourth-order valence-electron chi connectivity index (χ4n) is 3.51. The van der Waals surface area contributed by atoms with Gasteiger partial charge in [0.25, 0.3) is 0 Å². The number of nitrogens with zero attached hydrogens (tertiary/aromatic N) is 1. The standard InChI is InChI=1S/C17H18F4N2O4/c18-12-4-1-3-9-13(5-2-6-27-14(9)12)22-16(26)23-7-10(15(24)25)11(8-23)17(19,20)21/h1,3-4,10-11,13H,2,5-8H2,(H,22,26)(H,24,25)/t10-,11-,13?/m1/s1. The van der Waals surface area contributed by atoms with Crippen LogP contribution in [0.5, 0.6) is 5.75 Å². The van der Waals surface area contributed by atoms with Gasteiger partial charge < -0.3 is 20.1 Å². The highest BCUT2D eigenvalue weighted by Gasteiger charge is 2.53. The molecular formula is C17H18F4N2O4. The van der Waals surface area contributed by atoms with Gasteiger partial charge in [-0.05, 0) is 18.9 Å². The second kappa shape index (κ2) is 7.24. The molecule has 0 radical (unpaired) electrons. The van der Waals surface area contributed by atoms with Gasteiger partial charge in [0.1, 0.15) is 0 Å². The third-order valence-corrected chi connectivity index (χ3v) is 4.90. The fraction of sp³-hybridized carbons (Fsp3) is 0.529. The van der Waals surface area contributed by atoms with Crippen molar-refractivity contribution in [1.29, 1.82) is 0 Å². The molecule has 2 aliphatic heterocycles. The summed E-state index contributed by atoms with van der Waals surface area (Å²) in [5.41, 5.74) is 0.405. The number of carbonyl (C=O) groups is 2. The maximum Gasteiger partial charge on any atom is 0.394 e. The van der Waals surface area contributed by atoms with Crippen molar-refractivity contribution in [1.82, 2.24) is 10.2 Å². The molecule has 10 heteroatoms. The minimum Gasteiger partial charge on any atom is -0.490 e. The third kappa shape index (κ3) is 3.93. The van der Waals surface area contributed by atoms with Crippen LogP contribution in [0, 0.1) is 17.7 Å². The van der Waals surface area contributed by atoms with Gasteiger partial charge in [-0.1, -0.05) is 12.1 Å². The minimum absolute atomic E-state index is 0.0123. The lowest BCUT2D eigenvalue weighted by atomic mass is 9.96. The Morgan fingerprint density at radius 2 is 2.00 bits per heavy atom. The first-order valence-electron chi connectivity index (χ1n) is 8.44. The number of hydrogen-bond donors (Lipinski definition) is 2. The highest BCUT2D eigenvalue weighted by Crippen LogP contribution is 2.38. The molecule has 2 heterocycles. The second-order valence-electron chi connectivity index (χ2n) is 6.65. The van der Waals surface area contributed by atoms with E-state index in [-0.39, 0.29) is 12.4 Å². The molecule has 2 aliphatic rings. The van der Waals surface area contributed by atoms with E-state index in [1.165, 1.54) is 12.1 Å². The summed E-state index contributed by atoms with van der Waals surface area (Å²) in [5, 5.41) is 11.6. The number of alkyl halides is 3. The maximum atomic E-state index is 13.9. The number of carboxylic acids is 1. The van der Waals surface area contributed by atoms with E-state index in [0.717, 1.165) is 4.90 Å². The van der Waals surface area contributed by atoms with Gasteiger partial charge in [0, 0.05) is 18.7 Å². The largest absolute Gasteiger partial charge is 0.490 e. The molecule has 0 bridgehead atoms. The number of carbonyl (C=O) groups excluding carboxylic acids is 1. The number of hydrogen-bond acceptors (Lipinski definition) is 3. The number of carboxylic acid groups (broad SMARTS) is 1. The van der Waals surface area contributed by atoms with Crippen LogP contribution in [-0.2, 0) is 4.79 Å². The number of halogens is 4. The van der Waals surface area contributed by atoms with Crippen LogP contribution in [0.1, 0.15) is 24.4 Å². The average molecular weight is 390 g/mol. The third-order valence-electron chi connectivity index (χ3n) is 4.90. The molecule has 3 rings (SSSR count). The number of likely N-dealkylation sites (tertiary alicyclic amines) is 1. The summed E-state index contributed by atoms with van der Waals surface area (Å²) in [6.45, 7) is -1.02. The van der Waals surface area contributed by atoms with E-state index in [9.17, 15) is 27.2 Å². The van der Waals surface area contributed by atoms with Gasteiger partial charge in [0.2, 0.25) is 0 Å². The van der Waals surface area contributed by atoms with Gasteiger partial charge in [0.15, 0.2) is 11.6 Å². The Bertz CT molecular complexity index is 740. The number of aliphatic carboxylic acids is 1. The quantitative estimate of drug-likeness (QED) is 0.761. The Labute approximate surface area is 152 Å². The van der Waals surface area contributed by atoms with Gasteiger partial charge in [0.05, 0.1) is 24.5 Å². The molecule has 1 saturated heterocycles. The molecule has 1 unspecified atom stereocenters. The smallest absolute Gasteiger partial charge is 0.394 e. The molecule has 1 aromatic rings. The van der Waals surface area contributed by atoms with Gasteiger partial charge in [-0.2, -0.15) is 13.2 Å². The van der Waals surface area contributed by atoms with Crippen molar-refractivity contribution in [3.05, 3.63) is 29.6 Å². The zero-order valence-corrected chi connectivity index (χ0v) is 14.1. The summed E-state index contributed by atoms with van der Waals surface area (Å²) in [5.74, 6) is -6.00. The number of urea groups is 1. The van der Waals surface area contributed by atoms with E-state index < -0.39 is 55.0 Å². The predicted molar refractivity (Wildman–Crippen MR) is 84.6 cm³/mol. The molecule has 3 atom stereocenters. The van der Waals surface area contributed by atoms with Crippen LogP contribution >= 0.6 is 0 Å². The number of ether oxygens (including phenoxy) is 1. The first kappa shape index (κ1) is 19.2. The zero-order chi connectivity index (χ0) is 19.8. The molecule has 0 spiro atoms. The van der Waals surface area contributed by atoms with Gasteiger partial charge >= 0.3 is 18.2 Å². The SMILES string of the molecule is O=C(O)[C@@H]1CN(C(=O)NC2CCCOc3c(F)cccc32)C[C@H]1C(F)(F)F. The summed E-state index contributed by atoms with van der Waals surface area (Å²) >= 11 is 0. The fourth-order valence-corrected chi connectivity index (χ4v) is 3.51. The highest BCUT2D eigenvalue weighted by molar-refractivity contribution is 5.78. The summed E-state index contributed by atoms with van der Waals surface area (Å²) in [6.07, 6.45) is -3.78. The van der Waals surface area contributed by atoms with Crippen LogP contribution in [0.4, 0.5) is 22.4 Å². The minimum atomic E-state index is -4.72. The van der Waals surface area contributed by atoms with Gasteiger partial charge in [-0.15, -0.1) is 0 Å². The number of rotatable bonds is 2. The zero-order valence-electron chi connectivity index (χ0n) is 14.1. The van der Waals surface area contributed by atoms with Crippen LogP contribution < -0.4 is 10.1 Å². The molecule has 0 aromatic heterocycles. The molecule has 1 aromatic carbocycles. The summed E-state index contributed by atoms with van der Waals surface area (Å²) < 4.78 is 58.6. The molecule has 148 valence electrons. The van der Waals surface area contributed by atoms with Crippen molar-refractivity contribution < 1.29 is 37.0 Å². The van der Waals surface area contributed by atoms with E-state index in [2.05, 4.69) is 5.32 Å². The molecular weight excluding hydrogens is 372 g/mol. The van der Waals surface area contributed by atoms with Crippen molar-refractivity contribution in [2.75, 3.05) is 19.7 Å². The average Bonchev–Trinajstić information content (AvgIpc) is 2.95. The molecule has 27 heavy (non-hydrogen) atoms. The summed E-state index contributed by atoms with van der Waals surface area (Å²) in [7, 11) is 0. The van der Waals surface area contributed by atoms with Gasteiger partial charge in [-0.25, -0.2) is 9.18 Å². The Kier molecular flexibility index (Phi) is 5.16. The van der Waals surface area contributed by atoms with Crippen LogP contribution in [0.2, 0.25) is 0 Å². The second-order valence-corrected chi connectivity index (χ2v) is 6.65. The van der Waals surface area contributed by atoms with E-state index in [1.54, 1.807) is 6.07 Å². The van der Waals surface area contributed by atoms with E-state index in [1.807, 2.05) is 0 Å². The molecule has 1 fully saturated rings. The molecule has 6 nitrogen and oxygen atoms in total. The number of nitrogens with one attached hydrogen (secondary N) is 1. The number of amides is 2. The Hall–Kier alpha value is -2.52. The van der Waals surface area contributed by atoms with E-state index in [0.29, 0.717) is 18.4 Å². The highest BCUT2D eigenvalue weighted by atomic mass is 19.4. The van der Waals surface area contributed by atoms with Crippen molar-refractivity contribution in [2.45, 2.75) is 25.1 Å². The maximum absolute atomic E-state index is 13.9.